The van der Waals surface area contributed by atoms with E-state index < -0.39 is 9.84 Å². The molecular formula is C11H16N2O3S3. The summed E-state index contributed by atoms with van der Waals surface area (Å²) >= 11 is 6.42. The third-order valence-corrected chi connectivity index (χ3v) is 6.33. The third-order valence-electron chi connectivity index (χ3n) is 3.16. The highest BCUT2D eigenvalue weighted by atomic mass is 32.2. The summed E-state index contributed by atoms with van der Waals surface area (Å²) in [6, 6.07) is 0. The van der Waals surface area contributed by atoms with Crippen molar-refractivity contribution in [2.24, 2.45) is 5.92 Å². The molecule has 1 amide bonds. The van der Waals surface area contributed by atoms with E-state index in [-0.39, 0.29) is 23.3 Å². The lowest BCUT2D eigenvalue weighted by Gasteiger charge is -2.09. The van der Waals surface area contributed by atoms with E-state index in [0.717, 1.165) is 10.6 Å². The van der Waals surface area contributed by atoms with Crippen LogP contribution in [0.2, 0.25) is 0 Å². The Hall–Kier alpha value is -0.730. The molecule has 1 fully saturated rings. The van der Waals surface area contributed by atoms with E-state index in [2.05, 4.69) is 10.3 Å². The summed E-state index contributed by atoms with van der Waals surface area (Å²) < 4.78 is 23.3. The van der Waals surface area contributed by atoms with Crippen LogP contribution in [-0.4, -0.2) is 37.4 Å². The first-order chi connectivity index (χ1) is 8.85. The lowest BCUT2D eigenvalue weighted by atomic mass is 10.1. The fourth-order valence-electron chi connectivity index (χ4n) is 2.10. The van der Waals surface area contributed by atoms with Gasteiger partial charge in [-0.1, -0.05) is 0 Å². The quantitative estimate of drug-likeness (QED) is 0.817. The Morgan fingerprint density at radius 1 is 1.58 bits per heavy atom. The van der Waals surface area contributed by atoms with E-state index in [1.165, 1.54) is 11.3 Å². The Bertz CT molecular complexity index is 630. The van der Waals surface area contributed by atoms with E-state index in [0.29, 0.717) is 23.3 Å². The molecule has 1 atom stereocenters. The van der Waals surface area contributed by atoms with Gasteiger partial charge in [-0.15, -0.1) is 11.3 Å². The molecule has 0 saturated carbocycles. The molecule has 0 radical (unpaired) electrons. The summed E-state index contributed by atoms with van der Waals surface area (Å²) in [5.74, 6) is 0.401. The summed E-state index contributed by atoms with van der Waals surface area (Å²) in [7, 11) is -2.87. The van der Waals surface area contributed by atoms with Gasteiger partial charge in [0.2, 0.25) is 5.91 Å². The van der Waals surface area contributed by atoms with E-state index in [1.54, 1.807) is 0 Å². The summed E-state index contributed by atoms with van der Waals surface area (Å²) in [4.78, 5) is 15.7. The minimum atomic E-state index is -2.87. The number of amides is 1. The minimum absolute atomic E-state index is 0.0551. The predicted molar refractivity (Wildman–Crippen MR) is 77.7 cm³/mol. The van der Waals surface area contributed by atoms with Crippen LogP contribution in [0.3, 0.4) is 0 Å². The fourth-order valence-corrected chi connectivity index (χ4v) is 5.26. The molecule has 19 heavy (non-hydrogen) atoms. The maximum absolute atomic E-state index is 11.8. The van der Waals surface area contributed by atoms with Gasteiger partial charge < -0.3 is 10.3 Å². The van der Waals surface area contributed by atoms with Gasteiger partial charge in [-0.3, -0.25) is 4.79 Å². The van der Waals surface area contributed by atoms with Crippen LogP contribution in [0.15, 0.2) is 0 Å². The van der Waals surface area contributed by atoms with Gasteiger partial charge >= 0.3 is 0 Å². The van der Waals surface area contributed by atoms with Gasteiger partial charge in [-0.2, -0.15) is 0 Å². The first-order valence-electron chi connectivity index (χ1n) is 6.01. The molecule has 106 valence electrons. The van der Waals surface area contributed by atoms with Crippen molar-refractivity contribution in [3.05, 3.63) is 14.5 Å². The van der Waals surface area contributed by atoms with Gasteiger partial charge in [0, 0.05) is 17.1 Å². The van der Waals surface area contributed by atoms with Crippen molar-refractivity contribution >= 4 is 39.3 Å². The SMILES string of the molecule is Cc1[nH]c(=S)sc1CC(=O)NC[C@@H]1CCS(=O)(=O)C1. The maximum Gasteiger partial charge on any atom is 0.225 e. The third kappa shape index (κ3) is 4.12. The zero-order valence-corrected chi connectivity index (χ0v) is 13.0. The minimum Gasteiger partial charge on any atom is -0.355 e. The first-order valence-corrected chi connectivity index (χ1v) is 9.06. The number of thiazole rings is 1. The molecule has 1 aliphatic rings. The molecule has 8 heteroatoms. The average molecular weight is 320 g/mol. The Balaban J connectivity index is 1.82. The van der Waals surface area contributed by atoms with Crippen LogP contribution in [0.4, 0.5) is 0 Å². The molecule has 2 N–H and O–H groups in total. The Morgan fingerprint density at radius 2 is 2.32 bits per heavy atom. The number of nitrogens with one attached hydrogen (secondary N) is 2. The topological polar surface area (TPSA) is 79.0 Å². The standard InChI is InChI=1S/C11H16N2O3S3/c1-7-9(18-11(17)13-7)4-10(14)12-5-8-2-3-19(15,16)6-8/h8H,2-6H2,1H3,(H,12,14)(H,13,17)/t8-/m0/s1. The van der Waals surface area contributed by atoms with E-state index in [4.69, 9.17) is 12.2 Å². The Labute approximate surface area is 121 Å². The maximum atomic E-state index is 11.8. The van der Waals surface area contributed by atoms with Crippen molar-refractivity contribution in [3.8, 4) is 0 Å². The van der Waals surface area contributed by atoms with Crippen molar-refractivity contribution < 1.29 is 13.2 Å². The number of aromatic nitrogens is 1. The van der Waals surface area contributed by atoms with Gasteiger partial charge in [-0.05, 0) is 31.5 Å². The highest BCUT2D eigenvalue weighted by Crippen LogP contribution is 2.18. The molecule has 0 spiro atoms. The molecule has 0 aromatic carbocycles. The van der Waals surface area contributed by atoms with Gasteiger partial charge in [0.25, 0.3) is 0 Å². The number of hydrogen-bond donors (Lipinski definition) is 2. The monoisotopic (exact) mass is 320 g/mol. The molecule has 0 bridgehead atoms. The number of aryl methyl sites for hydroxylation is 1. The zero-order chi connectivity index (χ0) is 14.0. The van der Waals surface area contributed by atoms with Gasteiger partial charge in [0.1, 0.15) is 0 Å². The van der Waals surface area contributed by atoms with Gasteiger partial charge in [0.05, 0.1) is 17.9 Å². The van der Waals surface area contributed by atoms with Crippen molar-refractivity contribution in [2.45, 2.75) is 19.8 Å². The summed E-state index contributed by atoms with van der Waals surface area (Å²) in [5, 5.41) is 2.80. The van der Waals surface area contributed by atoms with Crippen LogP contribution >= 0.6 is 23.6 Å². The first kappa shape index (κ1) is 14.7. The Kier molecular flexibility index (Phi) is 4.42. The Morgan fingerprint density at radius 3 is 2.84 bits per heavy atom. The molecule has 2 rings (SSSR count). The smallest absolute Gasteiger partial charge is 0.225 e. The second-order valence-electron chi connectivity index (χ2n) is 4.81. The summed E-state index contributed by atoms with van der Waals surface area (Å²) in [5.41, 5.74) is 0.925. The second-order valence-corrected chi connectivity index (χ2v) is 8.81. The molecule has 1 aromatic heterocycles. The van der Waals surface area contributed by atoms with E-state index in [9.17, 15) is 13.2 Å². The van der Waals surface area contributed by atoms with E-state index in [1.807, 2.05) is 6.92 Å². The van der Waals surface area contributed by atoms with Crippen LogP contribution in [0.5, 0.6) is 0 Å². The number of aromatic amines is 1. The highest BCUT2D eigenvalue weighted by Gasteiger charge is 2.27. The largest absolute Gasteiger partial charge is 0.355 e. The highest BCUT2D eigenvalue weighted by molar-refractivity contribution is 7.91. The van der Waals surface area contributed by atoms with Crippen molar-refractivity contribution in [1.29, 1.82) is 0 Å². The van der Waals surface area contributed by atoms with Gasteiger partial charge in [-0.25, -0.2) is 8.42 Å². The number of carbonyl (C=O) groups excluding carboxylic acids is 1. The average Bonchev–Trinajstić information content (AvgIpc) is 2.79. The van der Waals surface area contributed by atoms with Crippen molar-refractivity contribution in [1.82, 2.24) is 10.3 Å². The number of rotatable bonds is 4. The number of H-pyrrole nitrogens is 1. The normalized spacial score (nSPS) is 21.4. The van der Waals surface area contributed by atoms with Crippen molar-refractivity contribution in [3.63, 3.8) is 0 Å². The number of sulfone groups is 1. The molecule has 1 aliphatic heterocycles. The molecule has 0 unspecified atom stereocenters. The molecular weight excluding hydrogens is 304 g/mol. The zero-order valence-electron chi connectivity index (χ0n) is 10.6. The summed E-state index contributed by atoms with van der Waals surface area (Å²) in [6.45, 7) is 2.32. The lowest BCUT2D eigenvalue weighted by molar-refractivity contribution is -0.120. The van der Waals surface area contributed by atoms with Gasteiger partial charge in [0.15, 0.2) is 13.8 Å². The van der Waals surface area contributed by atoms with Crippen molar-refractivity contribution in [2.75, 3.05) is 18.1 Å². The van der Waals surface area contributed by atoms with Crippen LogP contribution < -0.4 is 5.32 Å². The number of carbonyl (C=O) groups is 1. The van der Waals surface area contributed by atoms with Crippen LogP contribution in [0.25, 0.3) is 0 Å². The second kappa shape index (κ2) is 5.72. The fraction of sp³-hybridized carbons (Fsp3) is 0.636. The number of hydrogen-bond acceptors (Lipinski definition) is 5. The van der Waals surface area contributed by atoms with E-state index >= 15 is 0 Å². The van der Waals surface area contributed by atoms with Crippen LogP contribution in [0, 0.1) is 16.8 Å². The predicted octanol–water partition coefficient (Wildman–Crippen LogP) is 1.21. The molecule has 1 saturated heterocycles. The molecule has 2 heterocycles. The molecule has 5 nitrogen and oxygen atoms in total. The van der Waals surface area contributed by atoms with Crippen LogP contribution in [0.1, 0.15) is 17.0 Å². The molecule has 0 aliphatic carbocycles. The lowest BCUT2D eigenvalue weighted by Crippen LogP contribution is -2.30. The van der Waals surface area contributed by atoms with Crippen LogP contribution in [-0.2, 0) is 21.1 Å². The summed E-state index contributed by atoms with van der Waals surface area (Å²) in [6.07, 6.45) is 0.938. The molecule has 1 aromatic rings.